The van der Waals surface area contributed by atoms with Crippen molar-refractivity contribution in [2.24, 2.45) is 5.92 Å². The molecule has 1 unspecified atom stereocenters. The van der Waals surface area contributed by atoms with Gasteiger partial charge in [-0.25, -0.2) is 9.69 Å². The number of rotatable bonds is 7. The number of benzene rings is 1. The van der Waals surface area contributed by atoms with Crippen LogP contribution < -0.4 is 5.32 Å². The van der Waals surface area contributed by atoms with Gasteiger partial charge in [0, 0.05) is 6.54 Å². The summed E-state index contributed by atoms with van der Waals surface area (Å²) in [7, 11) is 0. The number of alkyl halides is 3. The van der Waals surface area contributed by atoms with Gasteiger partial charge in [-0.05, 0) is 17.9 Å². The maximum absolute atomic E-state index is 12.9. The molecule has 1 fully saturated rings. The zero-order valence-corrected chi connectivity index (χ0v) is 14.2. The SMILES string of the molecule is CC(C)CC1NC(=O)N(CN(Cc2ccccc2)CC(F)(F)F)C1=O. The Labute approximate surface area is 144 Å². The van der Waals surface area contributed by atoms with Crippen molar-refractivity contribution < 1.29 is 22.8 Å². The van der Waals surface area contributed by atoms with Gasteiger partial charge in [0.05, 0.1) is 13.2 Å². The molecule has 1 heterocycles. The number of nitrogens with one attached hydrogen (secondary N) is 1. The summed E-state index contributed by atoms with van der Waals surface area (Å²) < 4.78 is 38.6. The Hall–Kier alpha value is -2.09. The van der Waals surface area contributed by atoms with Crippen LogP contribution in [-0.4, -0.2) is 47.2 Å². The molecule has 1 aromatic carbocycles. The molecule has 2 rings (SSSR count). The first-order valence-electron chi connectivity index (χ1n) is 8.10. The molecule has 0 saturated carbocycles. The Balaban J connectivity index is 2.10. The molecule has 0 bridgehead atoms. The summed E-state index contributed by atoms with van der Waals surface area (Å²) in [6.07, 6.45) is -3.97. The van der Waals surface area contributed by atoms with E-state index in [4.69, 9.17) is 0 Å². The minimum Gasteiger partial charge on any atom is -0.326 e. The first-order valence-corrected chi connectivity index (χ1v) is 8.10. The van der Waals surface area contributed by atoms with Crippen molar-refractivity contribution in [1.82, 2.24) is 15.1 Å². The van der Waals surface area contributed by atoms with Crippen molar-refractivity contribution in [3.63, 3.8) is 0 Å². The molecule has 1 aliphatic rings. The molecule has 1 aromatic rings. The summed E-state index contributed by atoms with van der Waals surface area (Å²) in [5.74, 6) is -0.288. The quantitative estimate of drug-likeness (QED) is 0.764. The highest BCUT2D eigenvalue weighted by Gasteiger charge is 2.40. The van der Waals surface area contributed by atoms with E-state index in [2.05, 4.69) is 5.32 Å². The summed E-state index contributed by atoms with van der Waals surface area (Å²) in [6.45, 7) is 2.22. The monoisotopic (exact) mass is 357 g/mol. The highest BCUT2D eigenvalue weighted by atomic mass is 19.4. The van der Waals surface area contributed by atoms with E-state index in [1.165, 1.54) is 0 Å². The lowest BCUT2D eigenvalue weighted by Crippen LogP contribution is -2.45. The average Bonchev–Trinajstić information content (AvgIpc) is 2.73. The minimum atomic E-state index is -4.43. The molecule has 1 atom stereocenters. The molecule has 8 heteroatoms. The summed E-state index contributed by atoms with van der Waals surface area (Å²) >= 11 is 0. The molecule has 1 N–H and O–H groups in total. The Morgan fingerprint density at radius 3 is 2.40 bits per heavy atom. The van der Waals surface area contributed by atoms with Crippen LogP contribution in [-0.2, 0) is 11.3 Å². The van der Waals surface area contributed by atoms with Crippen LogP contribution in [0.15, 0.2) is 30.3 Å². The zero-order chi connectivity index (χ0) is 18.6. The van der Waals surface area contributed by atoms with Crippen LogP contribution in [0.3, 0.4) is 0 Å². The van der Waals surface area contributed by atoms with Crippen LogP contribution in [0.4, 0.5) is 18.0 Å². The van der Waals surface area contributed by atoms with E-state index in [0.717, 1.165) is 9.80 Å². The summed E-state index contributed by atoms with van der Waals surface area (Å²) in [4.78, 5) is 26.3. The van der Waals surface area contributed by atoms with Gasteiger partial charge >= 0.3 is 12.2 Å². The fraction of sp³-hybridized carbons (Fsp3) is 0.529. The molecular formula is C17H22F3N3O2. The van der Waals surface area contributed by atoms with Crippen molar-refractivity contribution in [2.45, 2.75) is 39.0 Å². The smallest absolute Gasteiger partial charge is 0.326 e. The normalized spacial score (nSPS) is 18.4. The number of halogens is 3. The number of nitrogens with zero attached hydrogens (tertiary/aromatic N) is 2. The standard InChI is InChI=1S/C17H22F3N3O2/c1-12(2)8-14-15(24)23(16(25)21-14)11-22(10-17(18,19)20)9-13-6-4-3-5-7-13/h3-7,12,14H,8-11H2,1-2H3,(H,21,25). The number of imide groups is 1. The van der Waals surface area contributed by atoms with E-state index in [-0.39, 0.29) is 12.5 Å². The fourth-order valence-corrected chi connectivity index (χ4v) is 2.79. The lowest BCUT2D eigenvalue weighted by Gasteiger charge is -2.27. The highest BCUT2D eigenvalue weighted by Crippen LogP contribution is 2.20. The van der Waals surface area contributed by atoms with Gasteiger partial charge in [0.15, 0.2) is 0 Å². The third kappa shape index (κ3) is 5.74. The molecule has 1 saturated heterocycles. The van der Waals surface area contributed by atoms with E-state index in [9.17, 15) is 22.8 Å². The number of carbonyl (C=O) groups excluding carboxylic acids is 2. The number of amides is 3. The predicted molar refractivity (Wildman–Crippen MR) is 86.4 cm³/mol. The molecule has 138 valence electrons. The molecule has 0 radical (unpaired) electrons. The maximum atomic E-state index is 12.9. The Bertz CT molecular complexity index is 605. The first-order chi connectivity index (χ1) is 11.7. The van der Waals surface area contributed by atoms with Gasteiger partial charge in [-0.2, -0.15) is 13.2 Å². The van der Waals surface area contributed by atoms with Crippen molar-refractivity contribution in [3.8, 4) is 0 Å². The van der Waals surface area contributed by atoms with Crippen molar-refractivity contribution in [3.05, 3.63) is 35.9 Å². The van der Waals surface area contributed by atoms with Gasteiger partial charge in [0.1, 0.15) is 6.04 Å². The van der Waals surface area contributed by atoms with Crippen LogP contribution >= 0.6 is 0 Å². The van der Waals surface area contributed by atoms with Gasteiger partial charge in [0.2, 0.25) is 0 Å². The van der Waals surface area contributed by atoms with Crippen LogP contribution in [0.1, 0.15) is 25.8 Å². The third-order valence-corrected chi connectivity index (χ3v) is 3.81. The van der Waals surface area contributed by atoms with Gasteiger partial charge in [0.25, 0.3) is 5.91 Å². The third-order valence-electron chi connectivity index (χ3n) is 3.81. The second kappa shape index (κ2) is 7.86. The Morgan fingerprint density at radius 2 is 1.84 bits per heavy atom. The molecule has 25 heavy (non-hydrogen) atoms. The number of hydrogen-bond acceptors (Lipinski definition) is 3. The predicted octanol–water partition coefficient (Wildman–Crippen LogP) is 2.97. The highest BCUT2D eigenvalue weighted by molar-refractivity contribution is 6.04. The topological polar surface area (TPSA) is 52.7 Å². The number of urea groups is 1. The molecule has 5 nitrogen and oxygen atoms in total. The second-order valence-corrected chi connectivity index (χ2v) is 6.63. The van der Waals surface area contributed by atoms with Crippen molar-refractivity contribution in [1.29, 1.82) is 0 Å². The van der Waals surface area contributed by atoms with Gasteiger partial charge in [-0.3, -0.25) is 9.69 Å². The number of carbonyl (C=O) groups is 2. The van der Waals surface area contributed by atoms with Gasteiger partial charge < -0.3 is 5.32 Å². The molecule has 0 spiro atoms. The molecular weight excluding hydrogens is 335 g/mol. The minimum absolute atomic E-state index is 0.00768. The average molecular weight is 357 g/mol. The Kier molecular flexibility index (Phi) is 6.05. The van der Waals surface area contributed by atoms with E-state index < -0.39 is 37.4 Å². The molecule has 3 amide bonds. The maximum Gasteiger partial charge on any atom is 0.401 e. The van der Waals surface area contributed by atoms with Crippen LogP contribution in [0.2, 0.25) is 0 Å². The number of hydrogen-bond donors (Lipinski definition) is 1. The lowest BCUT2D eigenvalue weighted by atomic mass is 10.0. The van der Waals surface area contributed by atoms with E-state index in [1.54, 1.807) is 30.3 Å². The van der Waals surface area contributed by atoms with Crippen molar-refractivity contribution in [2.75, 3.05) is 13.2 Å². The molecule has 0 aromatic heterocycles. The van der Waals surface area contributed by atoms with E-state index >= 15 is 0 Å². The first kappa shape index (κ1) is 19.2. The molecule has 1 aliphatic heterocycles. The summed E-state index contributed by atoms with van der Waals surface area (Å²) in [5, 5.41) is 2.55. The largest absolute Gasteiger partial charge is 0.401 e. The van der Waals surface area contributed by atoms with Crippen LogP contribution in [0, 0.1) is 5.92 Å². The zero-order valence-electron chi connectivity index (χ0n) is 14.2. The van der Waals surface area contributed by atoms with E-state index in [1.807, 2.05) is 13.8 Å². The van der Waals surface area contributed by atoms with E-state index in [0.29, 0.717) is 12.0 Å². The van der Waals surface area contributed by atoms with Crippen LogP contribution in [0.5, 0.6) is 0 Å². The van der Waals surface area contributed by atoms with Crippen LogP contribution in [0.25, 0.3) is 0 Å². The van der Waals surface area contributed by atoms with Gasteiger partial charge in [-0.15, -0.1) is 0 Å². The van der Waals surface area contributed by atoms with Crippen molar-refractivity contribution >= 4 is 11.9 Å². The Morgan fingerprint density at radius 1 is 1.20 bits per heavy atom. The summed E-state index contributed by atoms with van der Waals surface area (Å²) in [5.41, 5.74) is 0.678. The molecule has 0 aliphatic carbocycles. The van der Waals surface area contributed by atoms with Gasteiger partial charge in [-0.1, -0.05) is 44.2 Å². The lowest BCUT2D eigenvalue weighted by molar-refractivity contribution is -0.153. The summed E-state index contributed by atoms with van der Waals surface area (Å²) in [6, 6.07) is 7.33. The fourth-order valence-electron chi connectivity index (χ4n) is 2.79. The second-order valence-electron chi connectivity index (χ2n) is 6.63.